The lowest BCUT2D eigenvalue weighted by molar-refractivity contribution is 0.0996. The molecule has 0 spiro atoms. The van der Waals surface area contributed by atoms with Crippen LogP contribution in [0.5, 0.6) is 11.6 Å². The normalized spacial score (nSPS) is 12.8. The monoisotopic (exact) mass is 347 g/mol. The number of fused-ring (bicyclic) bond motifs is 1. The van der Waals surface area contributed by atoms with E-state index < -0.39 is 0 Å². The van der Waals surface area contributed by atoms with Crippen LogP contribution in [0.2, 0.25) is 0 Å². The van der Waals surface area contributed by atoms with Crippen LogP contribution in [0, 0.1) is 0 Å². The number of nitrogens with zero attached hydrogens (tertiary/aromatic N) is 3. The van der Waals surface area contributed by atoms with Gasteiger partial charge in [-0.1, -0.05) is 6.07 Å². The lowest BCUT2D eigenvalue weighted by atomic mass is 10.1. The smallest absolute Gasteiger partial charge is 0.258 e. The summed E-state index contributed by atoms with van der Waals surface area (Å²) in [5.74, 6) is 1.20. The van der Waals surface area contributed by atoms with E-state index in [0.717, 1.165) is 22.7 Å². The van der Waals surface area contributed by atoms with Gasteiger partial charge in [-0.25, -0.2) is 4.98 Å². The van der Waals surface area contributed by atoms with Gasteiger partial charge in [-0.2, -0.15) is 0 Å². The largest absolute Gasteiger partial charge is 0.497 e. The van der Waals surface area contributed by atoms with Crippen molar-refractivity contribution in [2.75, 3.05) is 12.0 Å². The predicted molar refractivity (Wildman–Crippen MR) is 96.3 cm³/mol. The number of ether oxygens (including phenoxy) is 2. The number of rotatable bonds is 5. The van der Waals surface area contributed by atoms with Gasteiger partial charge in [-0.15, -0.1) is 0 Å². The minimum absolute atomic E-state index is 0.0355. The highest BCUT2D eigenvalue weighted by molar-refractivity contribution is 6.10. The molecule has 0 bridgehead atoms. The van der Waals surface area contributed by atoms with E-state index in [9.17, 15) is 4.79 Å². The van der Waals surface area contributed by atoms with Crippen LogP contribution in [0.1, 0.15) is 21.6 Å². The van der Waals surface area contributed by atoms with E-state index in [2.05, 4.69) is 9.97 Å². The Hall–Kier alpha value is -3.41. The minimum Gasteiger partial charge on any atom is -0.497 e. The molecule has 0 unspecified atom stereocenters. The molecule has 6 heteroatoms. The maximum absolute atomic E-state index is 12.6. The number of aromatic nitrogens is 2. The van der Waals surface area contributed by atoms with Crippen LogP contribution in [0.3, 0.4) is 0 Å². The van der Waals surface area contributed by atoms with Crippen molar-refractivity contribution < 1.29 is 14.3 Å². The highest BCUT2D eigenvalue weighted by atomic mass is 16.5. The van der Waals surface area contributed by atoms with Gasteiger partial charge >= 0.3 is 0 Å². The van der Waals surface area contributed by atoms with Crippen molar-refractivity contribution in [3.05, 3.63) is 77.7 Å². The van der Waals surface area contributed by atoms with Crippen molar-refractivity contribution >= 4 is 11.6 Å². The third-order valence-electron chi connectivity index (χ3n) is 4.24. The van der Waals surface area contributed by atoms with Crippen LogP contribution in [-0.2, 0) is 13.2 Å². The summed E-state index contributed by atoms with van der Waals surface area (Å²) in [5, 5.41) is 0. The van der Waals surface area contributed by atoms with E-state index in [1.807, 2.05) is 30.3 Å². The number of pyridine rings is 2. The van der Waals surface area contributed by atoms with Gasteiger partial charge in [0.25, 0.3) is 5.91 Å². The van der Waals surface area contributed by atoms with Crippen molar-refractivity contribution in [1.82, 2.24) is 9.97 Å². The Morgan fingerprint density at radius 1 is 1.12 bits per heavy atom. The van der Waals surface area contributed by atoms with Gasteiger partial charge < -0.3 is 14.4 Å². The van der Waals surface area contributed by atoms with Gasteiger partial charge in [-0.3, -0.25) is 9.78 Å². The van der Waals surface area contributed by atoms with Crippen LogP contribution in [0.25, 0.3) is 0 Å². The molecule has 26 heavy (non-hydrogen) atoms. The van der Waals surface area contributed by atoms with Gasteiger partial charge in [0.05, 0.1) is 31.2 Å². The second kappa shape index (κ2) is 6.84. The number of benzene rings is 1. The topological polar surface area (TPSA) is 64.6 Å². The van der Waals surface area contributed by atoms with Crippen molar-refractivity contribution in [2.45, 2.75) is 13.2 Å². The van der Waals surface area contributed by atoms with Gasteiger partial charge in [0, 0.05) is 17.8 Å². The molecular formula is C20H17N3O3. The molecule has 0 aliphatic carbocycles. The lowest BCUT2D eigenvalue weighted by Crippen LogP contribution is -2.23. The van der Waals surface area contributed by atoms with Crippen LogP contribution in [-0.4, -0.2) is 23.0 Å². The molecule has 6 nitrogen and oxygen atoms in total. The molecule has 0 N–H and O–H groups in total. The first-order valence-corrected chi connectivity index (χ1v) is 8.22. The third-order valence-corrected chi connectivity index (χ3v) is 4.24. The second-order valence-electron chi connectivity index (χ2n) is 5.88. The minimum atomic E-state index is -0.0355. The number of carbonyl (C=O) groups excluding carboxylic acids is 1. The molecule has 1 amide bonds. The third kappa shape index (κ3) is 3.09. The predicted octanol–water partition coefficient (Wildman–Crippen LogP) is 3.22. The number of hydrogen-bond donors (Lipinski definition) is 0. The highest BCUT2D eigenvalue weighted by Gasteiger charge is 2.29. The average Bonchev–Trinajstić information content (AvgIpc) is 3.03. The number of amides is 1. The van der Waals surface area contributed by atoms with Crippen molar-refractivity contribution in [3.8, 4) is 11.6 Å². The molecule has 0 radical (unpaired) electrons. The Balaban J connectivity index is 1.46. The summed E-state index contributed by atoms with van der Waals surface area (Å²) >= 11 is 0. The summed E-state index contributed by atoms with van der Waals surface area (Å²) in [6.45, 7) is 0.849. The number of hydrogen-bond acceptors (Lipinski definition) is 5. The Morgan fingerprint density at radius 2 is 2.04 bits per heavy atom. The van der Waals surface area contributed by atoms with Crippen molar-refractivity contribution in [1.29, 1.82) is 0 Å². The highest BCUT2D eigenvalue weighted by Crippen LogP contribution is 2.30. The fourth-order valence-electron chi connectivity index (χ4n) is 2.88. The van der Waals surface area contributed by atoms with Crippen LogP contribution >= 0.6 is 0 Å². The number of carbonyl (C=O) groups is 1. The maximum Gasteiger partial charge on any atom is 0.258 e. The fraction of sp³-hybridized carbons (Fsp3) is 0.150. The average molecular weight is 347 g/mol. The van der Waals surface area contributed by atoms with Crippen molar-refractivity contribution in [3.63, 3.8) is 0 Å². The first-order chi connectivity index (χ1) is 12.7. The number of anilines is 1. The van der Waals surface area contributed by atoms with E-state index in [1.165, 1.54) is 0 Å². The second-order valence-corrected chi connectivity index (χ2v) is 5.88. The zero-order chi connectivity index (χ0) is 17.9. The zero-order valence-electron chi connectivity index (χ0n) is 14.3. The molecule has 1 aliphatic rings. The number of methoxy groups -OCH3 is 1. The molecule has 0 fully saturated rings. The quantitative estimate of drug-likeness (QED) is 0.709. The Bertz CT molecular complexity index is 927. The maximum atomic E-state index is 12.6. The molecule has 3 heterocycles. The van der Waals surface area contributed by atoms with Gasteiger partial charge in [0.1, 0.15) is 12.4 Å². The first-order valence-electron chi connectivity index (χ1n) is 8.22. The summed E-state index contributed by atoms with van der Waals surface area (Å²) in [7, 11) is 1.61. The van der Waals surface area contributed by atoms with E-state index in [0.29, 0.717) is 24.6 Å². The molecular weight excluding hydrogens is 330 g/mol. The van der Waals surface area contributed by atoms with Gasteiger partial charge in [-0.05, 0) is 42.0 Å². The molecule has 2 aromatic heterocycles. The van der Waals surface area contributed by atoms with E-state index in [4.69, 9.17) is 9.47 Å². The molecule has 3 aromatic rings. The van der Waals surface area contributed by atoms with Crippen molar-refractivity contribution in [2.24, 2.45) is 0 Å². The van der Waals surface area contributed by atoms with Crippen LogP contribution in [0.15, 0.2) is 60.9 Å². The van der Waals surface area contributed by atoms with E-state index in [1.54, 1.807) is 42.6 Å². The Kier molecular flexibility index (Phi) is 4.23. The summed E-state index contributed by atoms with van der Waals surface area (Å²) < 4.78 is 10.9. The molecule has 1 aliphatic heterocycles. The fourth-order valence-corrected chi connectivity index (χ4v) is 2.88. The zero-order valence-corrected chi connectivity index (χ0v) is 14.3. The first kappa shape index (κ1) is 16.1. The van der Waals surface area contributed by atoms with Crippen LogP contribution in [0.4, 0.5) is 5.69 Å². The van der Waals surface area contributed by atoms with Crippen LogP contribution < -0.4 is 14.4 Å². The summed E-state index contributed by atoms with van der Waals surface area (Å²) in [5.41, 5.74) is 3.21. The lowest BCUT2D eigenvalue weighted by Gasteiger charge is -2.15. The van der Waals surface area contributed by atoms with Gasteiger partial charge in [0.2, 0.25) is 5.88 Å². The van der Waals surface area contributed by atoms with E-state index in [-0.39, 0.29) is 5.91 Å². The molecule has 0 saturated carbocycles. The summed E-state index contributed by atoms with van der Waals surface area (Å²) in [4.78, 5) is 22.8. The molecule has 130 valence electrons. The van der Waals surface area contributed by atoms with Gasteiger partial charge in [0.15, 0.2) is 0 Å². The standard InChI is InChI=1S/C20H17N3O3/c1-25-17-6-7-18-14(10-17)12-23(20(18)24)16-5-8-19(22-11-16)26-13-15-4-2-3-9-21-15/h2-11H,12-13H2,1H3. The summed E-state index contributed by atoms with van der Waals surface area (Å²) in [6.07, 6.45) is 3.37. The Morgan fingerprint density at radius 3 is 2.77 bits per heavy atom. The molecule has 4 rings (SSSR count). The summed E-state index contributed by atoms with van der Waals surface area (Å²) in [6, 6.07) is 14.7. The Labute approximate surface area is 151 Å². The SMILES string of the molecule is COc1ccc2c(c1)CN(c1ccc(OCc3ccccn3)nc1)C2=O. The molecule has 0 saturated heterocycles. The molecule has 1 aromatic carbocycles. The van der Waals surface area contributed by atoms with E-state index >= 15 is 0 Å². The molecule has 0 atom stereocenters.